The molecular weight excluding hydrogens is 362 g/mol. The molecule has 0 radical (unpaired) electrons. The van der Waals surface area contributed by atoms with Crippen LogP contribution >= 0.6 is 0 Å². The maximum absolute atomic E-state index is 13.3. The van der Waals surface area contributed by atoms with Gasteiger partial charge in [-0.1, -0.05) is 24.3 Å². The molecule has 0 saturated carbocycles. The largest absolute Gasteiger partial charge is 0.355 e. The lowest BCUT2D eigenvalue weighted by Crippen LogP contribution is -2.46. The minimum Gasteiger partial charge on any atom is -0.355 e. The molecule has 1 N–H and O–H groups in total. The molecule has 29 heavy (non-hydrogen) atoms. The second kappa shape index (κ2) is 7.54. The van der Waals surface area contributed by atoms with E-state index in [-0.39, 0.29) is 17.2 Å². The normalized spacial score (nSPS) is 18.4. The van der Waals surface area contributed by atoms with Crippen LogP contribution in [0.5, 0.6) is 0 Å². The van der Waals surface area contributed by atoms with Gasteiger partial charge in [-0.3, -0.25) is 9.59 Å². The number of likely N-dealkylation sites (tertiary alicyclic amines) is 2. The summed E-state index contributed by atoms with van der Waals surface area (Å²) >= 11 is 0. The van der Waals surface area contributed by atoms with Crippen molar-refractivity contribution in [3.05, 3.63) is 59.2 Å². The number of hydrogen-bond donors (Lipinski definition) is 1. The number of carbonyl (C=O) groups is 2. The van der Waals surface area contributed by atoms with Crippen LogP contribution in [0, 0.1) is 19.3 Å². The van der Waals surface area contributed by atoms with Gasteiger partial charge < -0.3 is 15.1 Å². The number of amides is 2. The molecule has 2 aromatic carbocycles. The Kier molecular flexibility index (Phi) is 5.07. The average Bonchev–Trinajstić information content (AvgIpc) is 3.00. The highest BCUT2D eigenvalue weighted by atomic mass is 16.2. The molecule has 2 aliphatic heterocycles. The Morgan fingerprint density at radius 1 is 0.931 bits per heavy atom. The zero-order chi connectivity index (χ0) is 20.6. The number of anilines is 2. The maximum atomic E-state index is 13.3. The van der Waals surface area contributed by atoms with Crippen LogP contribution in [0.15, 0.2) is 42.5 Å². The molecule has 4 rings (SSSR count). The molecule has 152 valence electrons. The zero-order valence-corrected chi connectivity index (χ0v) is 17.5. The van der Waals surface area contributed by atoms with Gasteiger partial charge in [0.05, 0.1) is 16.7 Å². The van der Waals surface area contributed by atoms with Crippen LogP contribution in [-0.2, 0) is 4.79 Å². The lowest BCUT2D eigenvalue weighted by atomic mass is 9.77. The first-order valence-corrected chi connectivity index (χ1v) is 10.4. The fourth-order valence-electron chi connectivity index (χ4n) is 4.58. The quantitative estimate of drug-likeness (QED) is 0.856. The second-order valence-corrected chi connectivity index (χ2v) is 8.47. The van der Waals surface area contributed by atoms with Crippen molar-refractivity contribution in [1.29, 1.82) is 0 Å². The number of benzene rings is 2. The maximum Gasteiger partial charge on any atom is 0.255 e. The molecule has 2 aromatic rings. The number of nitrogens with zero attached hydrogens (tertiary/aromatic N) is 2. The predicted octanol–water partition coefficient (Wildman–Crippen LogP) is 4.13. The summed E-state index contributed by atoms with van der Waals surface area (Å²) in [5.41, 5.74) is 4.66. The number of nitrogens with one attached hydrogen (secondary N) is 1. The Bertz CT molecular complexity index is 945. The monoisotopic (exact) mass is 391 g/mol. The van der Waals surface area contributed by atoms with Crippen molar-refractivity contribution in [3.8, 4) is 0 Å². The highest BCUT2D eigenvalue weighted by Gasteiger charge is 2.47. The molecule has 0 bridgehead atoms. The summed E-state index contributed by atoms with van der Waals surface area (Å²) in [5.74, 6) is 0.286. The van der Waals surface area contributed by atoms with Crippen molar-refractivity contribution >= 4 is 23.2 Å². The van der Waals surface area contributed by atoms with E-state index in [1.807, 2.05) is 53.2 Å². The lowest BCUT2D eigenvalue weighted by Gasteiger charge is -2.38. The van der Waals surface area contributed by atoms with Gasteiger partial charge in [0, 0.05) is 32.4 Å². The molecule has 2 heterocycles. The molecule has 5 nitrogen and oxygen atoms in total. The fraction of sp³-hybridized carbons (Fsp3) is 0.417. The molecule has 2 aliphatic rings. The Hall–Kier alpha value is -2.82. The number of piperidine rings is 1. The third kappa shape index (κ3) is 3.50. The van der Waals surface area contributed by atoms with Gasteiger partial charge in [0.15, 0.2) is 0 Å². The highest BCUT2D eigenvalue weighted by molar-refractivity contribution is 6.00. The van der Waals surface area contributed by atoms with Crippen molar-refractivity contribution in [2.24, 2.45) is 5.41 Å². The van der Waals surface area contributed by atoms with Gasteiger partial charge in [-0.05, 0) is 62.4 Å². The van der Waals surface area contributed by atoms with Gasteiger partial charge in [-0.25, -0.2) is 0 Å². The molecule has 1 spiro atoms. The lowest BCUT2D eigenvalue weighted by molar-refractivity contribution is -0.137. The summed E-state index contributed by atoms with van der Waals surface area (Å²) in [5, 5.41) is 3.45. The summed E-state index contributed by atoms with van der Waals surface area (Å²) in [6.07, 6.45) is 2.43. The van der Waals surface area contributed by atoms with E-state index in [1.165, 1.54) is 11.1 Å². The first kappa shape index (κ1) is 19.5. The van der Waals surface area contributed by atoms with Crippen molar-refractivity contribution in [3.63, 3.8) is 0 Å². The van der Waals surface area contributed by atoms with E-state index in [4.69, 9.17) is 0 Å². The summed E-state index contributed by atoms with van der Waals surface area (Å²) in [7, 11) is 1.88. The van der Waals surface area contributed by atoms with E-state index < -0.39 is 0 Å². The standard InChI is InChI=1S/C24H29N3O2/c1-17-7-6-10-20(18(17)2)25-21-9-5-4-8-19(21)22(28)27-15-12-24(13-16-27)11-14-26(3)23(24)29/h4-10,25H,11-16H2,1-3H3. The van der Waals surface area contributed by atoms with Crippen LogP contribution in [0.25, 0.3) is 0 Å². The molecule has 5 heteroatoms. The number of hydrogen-bond acceptors (Lipinski definition) is 3. The third-order valence-corrected chi connectivity index (χ3v) is 6.77. The molecule has 0 atom stereocenters. The van der Waals surface area contributed by atoms with Gasteiger partial charge >= 0.3 is 0 Å². The number of para-hydroxylation sites is 1. The first-order valence-electron chi connectivity index (χ1n) is 10.4. The van der Waals surface area contributed by atoms with Crippen molar-refractivity contribution in [2.45, 2.75) is 33.1 Å². The Balaban J connectivity index is 1.52. The van der Waals surface area contributed by atoms with E-state index in [0.29, 0.717) is 18.7 Å². The summed E-state index contributed by atoms with van der Waals surface area (Å²) in [6, 6.07) is 13.8. The van der Waals surface area contributed by atoms with E-state index in [9.17, 15) is 9.59 Å². The average molecular weight is 392 g/mol. The topological polar surface area (TPSA) is 52.7 Å². The van der Waals surface area contributed by atoms with Crippen LogP contribution in [0.4, 0.5) is 11.4 Å². The van der Waals surface area contributed by atoms with Crippen LogP contribution in [0.2, 0.25) is 0 Å². The molecule has 0 aliphatic carbocycles. The van der Waals surface area contributed by atoms with Crippen molar-refractivity contribution in [2.75, 3.05) is 32.0 Å². The van der Waals surface area contributed by atoms with Crippen LogP contribution < -0.4 is 5.32 Å². The van der Waals surface area contributed by atoms with Gasteiger partial charge in [-0.2, -0.15) is 0 Å². The van der Waals surface area contributed by atoms with Crippen molar-refractivity contribution in [1.82, 2.24) is 9.80 Å². The van der Waals surface area contributed by atoms with Gasteiger partial charge in [0.25, 0.3) is 5.91 Å². The second-order valence-electron chi connectivity index (χ2n) is 8.47. The number of aryl methyl sites for hydroxylation is 1. The smallest absolute Gasteiger partial charge is 0.255 e. The minimum atomic E-state index is -0.248. The predicted molar refractivity (Wildman–Crippen MR) is 115 cm³/mol. The third-order valence-electron chi connectivity index (χ3n) is 6.77. The molecule has 2 saturated heterocycles. The van der Waals surface area contributed by atoms with Crippen molar-refractivity contribution < 1.29 is 9.59 Å². The van der Waals surface area contributed by atoms with Gasteiger partial charge in [0.1, 0.15) is 0 Å². The first-order chi connectivity index (χ1) is 13.9. The van der Waals surface area contributed by atoms with Crippen LogP contribution in [-0.4, -0.2) is 48.3 Å². The Labute approximate surface area is 172 Å². The molecule has 0 aromatic heterocycles. The summed E-state index contributed by atoms with van der Waals surface area (Å²) in [4.78, 5) is 29.6. The van der Waals surface area contributed by atoms with Gasteiger partial charge in [0.2, 0.25) is 5.91 Å². The molecule has 0 unspecified atom stereocenters. The number of carbonyl (C=O) groups excluding carboxylic acids is 2. The van der Waals surface area contributed by atoms with E-state index in [2.05, 4.69) is 25.2 Å². The van der Waals surface area contributed by atoms with E-state index >= 15 is 0 Å². The SMILES string of the molecule is Cc1cccc(Nc2ccccc2C(=O)N2CCC3(CCN(C)C3=O)CC2)c1C. The summed E-state index contributed by atoms with van der Waals surface area (Å²) < 4.78 is 0. The van der Waals surface area contributed by atoms with Gasteiger partial charge in [-0.15, -0.1) is 0 Å². The van der Waals surface area contributed by atoms with E-state index in [0.717, 1.165) is 37.2 Å². The molecule has 2 fully saturated rings. The number of rotatable bonds is 3. The summed E-state index contributed by atoms with van der Waals surface area (Å²) in [6.45, 7) is 6.27. The minimum absolute atomic E-state index is 0.0343. The van der Waals surface area contributed by atoms with E-state index in [1.54, 1.807) is 0 Å². The Morgan fingerprint density at radius 3 is 2.28 bits per heavy atom. The van der Waals surface area contributed by atoms with Crippen LogP contribution in [0.1, 0.15) is 40.7 Å². The molecule has 2 amide bonds. The fourth-order valence-corrected chi connectivity index (χ4v) is 4.58. The van der Waals surface area contributed by atoms with Crippen LogP contribution in [0.3, 0.4) is 0 Å². The zero-order valence-electron chi connectivity index (χ0n) is 17.5. The molecular formula is C24H29N3O2. The highest BCUT2D eigenvalue weighted by Crippen LogP contribution is 2.41. The Morgan fingerprint density at radius 2 is 1.59 bits per heavy atom.